The summed E-state index contributed by atoms with van der Waals surface area (Å²) < 4.78 is 27.1. The number of anilines is 2. The van der Waals surface area contributed by atoms with Gasteiger partial charge in [0.2, 0.25) is 0 Å². The fourth-order valence-electron chi connectivity index (χ4n) is 2.10. The molecule has 0 fully saturated rings. The van der Waals surface area contributed by atoms with Crippen LogP contribution in [0, 0.1) is 23.0 Å². The topological polar surface area (TPSA) is 48.7 Å². The van der Waals surface area contributed by atoms with Crippen molar-refractivity contribution in [1.82, 2.24) is 4.98 Å². The highest BCUT2D eigenvalue weighted by atomic mass is 19.2. The van der Waals surface area contributed by atoms with Gasteiger partial charge < -0.3 is 5.32 Å². The van der Waals surface area contributed by atoms with Gasteiger partial charge in [-0.15, -0.1) is 0 Å². The highest BCUT2D eigenvalue weighted by Crippen LogP contribution is 2.30. The van der Waals surface area contributed by atoms with Gasteiger partial charge in [-0.1, -0.05) is 24.3 Å². The summed E-state index contributed by atoms with van der Waals surface area (Å²) in [5, 5.41) is 12.6. The predicted octanol–water partition coefficient (Wildman–Crippen LogP) is 4.13. The Morgan fingerprint density at radius 2 is 1.86 bits per heavy atom. The highest BCUT2D eigenvalue weighted by Gasteiger charge is 2.12. The van der Waals surface area contributed by atoms with E-state index in [2.05, 4.69) is 10.3 Å². The van der Waals surface area contributed by atoms with E-state index >= 15 is 0 Å². The van der Waals surface area contributed by atoms with E-state index in [4.69, 9.17) is 0 Å². The van der Waals surface area contributed by atoms with Crippen LogP contribution in [-0.2, 0) is 0 Å². The molecule has 1 heterocycles. The van der Waals surface area contributed by atoms with Crippen LogP contribution in [-0.4, -0.2) is 4.98 Å². The molecule has 1 aromatic heterocycles. The lowest BCUT2D eigenvalue weighted by atomic mass is 10.1. The average molecular weight is 281 g/mol. The second-order valence-corrected chi connectivity index (χ2v) is 4.40. The third-order valence-electron chi connectivity index (χ3n) is 3.11. The second-order valence-electron chi connectivity index (χ2n) is 4.40. The first kappa shape index (κ1) is 13.0. The van der Waals surface area contributed by atoms with E-state index in [-0.39, 0.29) is 11.3 Å². The lowest BCUT2D eigenvalue weighted by Gasteiger charge is -2.12. The van der Waals surface area contributed by atoms with Gasteiger partial charge in [0.15, 0.2) is 11.6 Å². The number of nitrogens with zero attached hydrogens (tertiary/aromatic N) is 2. The number of nitrogens with one attached hydrogen (secondary N) is 1. The van der Waals surface area contributed by atoms with Gasteiger partial charge in [0.1, 0.15) is 6.07 Å². The number of hydrogen-bond donors (Lipinski definition) is 1. The summed E-state index contributed by atoms with van der Waals surface area (Å²) in [6.45, 7) is 0. The van der Waals surface area contributed by atoms with Crippen molar-refractivity contribution in [2.45, 2.75) is 0 Å². The van der Waals surface area contributed by atoms with Crippen molar-refractivity contribution >= 4 is 22.3 Å². The minimum Gasteiger partial charge on any atom is -0.351 e. The molecule has 21 heavy (non-hydrogen) atoms. The number of nitriles is 1. The molecule has 0 saturated heterocycles. The fraction of sp³-hybridized carbons (Fsp3) is 0. The van der Waals surface area contributed by atoms with Gasteiger partial charge in [-0.25, -0.2) is 8.78 Å². The first-order chi connectivity index (χ1) is 10.2. The SMILES string of the molecule is N#Cc1cnc2ccccc2c1Nc1cccc(F)c1F. The number of rotatable bonds is 2. The molecule has 0 aliphatic carbocycles. The number of para-hydroxylation sites is 1. The van der Waals surface area contributed by atoms with Crippen LogP contribution < -0.4 is 5.32 Å². The Bertz CT molecular complexity index is 869. The quantitative estimate of drug-likeness (QED) is 0.768. The molecule has 3 aromatic rings. The number of pyridine rings is 1. The molecule has 0 radical (unpaired) electrons. The third kappa shape index (κ3) is 2.28. The average Bonchev–Trinajstić information content (AvgIpc) is 2.52. The van der Waals surface area contributed by atoms with E-state index in [0.29, 0.717) is 16.6 Å². The summed E-state index contributed by atoms with van der Waals surface area (Å²) in [5.41, 5.74) is 1.31. The summed E-state index contributed by atoms with van der Waals surface area (Å²) in [6.07, 6.45) is 1.40. The van der Waals surface area contributed by atoms with Crippen LogP contribution in [0.2, 0.25) is 0 Å². The summed E-state index contributed by atoms with van der Waals surface area (Å²) in [4.78, 5) is 4.16. The van der Waals surface area contributed by atoms with Crippen LogP contribution in [0.25, 0.3) is 10.9 Å². The molecule has 5 heteroatoms. The van der Waals surface area contributed by atoms with Crippen LogP contribution in [0.1, 0.15) is 5.56 Å². The molecule has 102 valence electrons. The van der Waals surface area contributed by atoms with Gasteiger partial charge in [0.05, 0.1) is 22.5 Å². The molecular weight excluding hydrogens is 272 g/mol. The van der Waals surface area contributed by atoms with Crippen molar-refractivity contribution in [3.63, 3.8) is 0 Å². The van der Waals surface area contributed by atoms with Crippen LogP contribution in [0.15, 0.2) is 48.7 Å². The number of hydrogen-bond acceptors (Lipinski definition) is 3. The summed E-state index contributed by atoms with van der Waals surface area (Å²) in [5.74, 6) is -1.93. The van der Waals surface area contributed by atoms with Crippen molar-refractivity contribution in [2.75, 3.05) is 5.32 Å². The monoisotopic (exact) mass is 281 g/mol. The predicted molar refractivity (Wildman–Crippen MR) is 76.1 cm³/mol. The molecule has 0 amide bonds. The van der Waals surface area contributed by atoms with E-state index in [0.717, 1.165) is 6.07 Å². The number of halogens is 2. The lowest BCUT2D eigenvalue weighted by molar-refractivity contribution is 0.512. The maximum Gasteiger partial charge on any atom is 0.182 e. The number of benzene rings is 2. The van der Waals surface area contributed by atoms with Crippen molar-refractivity contribution in [3.8, 4) is 6.07 Å². The largest absolute Gasteiger partial charge is 0.351 e. The lowest BCUT2D eigenvalue weighted by Crippen LogP contribution is -2.00. The Hall–Kier alpha value is -3.00. The molecule has 2 aromatic carbocycles. The summed E-state index contributed by atoms with van der Waals surface area (Å²) >= 11 is 0. The summed E-state index contributed by atoms with van der Waals surface area (Å²) in [7, 11) is 0. The van der Waals surface area contributed by atoms with Crippen LogP contribution in [0.4, 0.5) is 20.2 Å². The van der Waals surface area contributed by atoms with E-state index in [1.807, 2.05) is 12.1 Å². The Balaban J connectivity index is 2.20. The molecule has 1 N–H and O–H groups in total. The van der Waals surface area contributed by atoms with Gasteiger partial charge in [-0.05, 0) is 18.2 Å². The maximum absolute atomic E-state index is 13.8. The van der Waals surface area contributed by atoms with Gasteiger partial charge in [0, 0.05) is 11.6 Å². The number of fused-ring (bicyclic) bond motifs is 1. The first-order valence-electron chi connectivity index (χ1n) is 6.19. The van der Waals surface area contributed by atoms with Crippen molar-refractivity contribution in [1.29, 1.82) is 5.26 Å². The molecule has 0 saturated carbocycles. The van der Waals surface area contributed by atoms with Crippen LogP contribution in [0.3, 0.4) is 0 Å². The van der Waals surface area contributed by atoms with Gasteiger partial charge in [-0.3, -0.25) is 4.98 Å². The van der Waals surface area contributed by atoms with E-state index in [1.165, 1.54) is 18.3 Å². The Morgan fingerprint density at radius 3 is 2.67 bits per heavy atom. The zero-order chi connectivity index (χ0) is 14.8. The Morgan fingerprint density at radius 1 is 1.05 bits per heavy atom. The third-order valence-corrected chi connectivity index (χ3v) is 3.11. The van der Waals surface area contributed by atoms with E-state index in [9.17, 15) is 14.0 Å². The normalized spacial score (nSPS) is 10.3. The van der Waals surface area contributed by atoms with E-state index < -0.39 is 11.6 Å². The molecule has 0 aliphatic rings. The minimum absolute atomic E-state index is 0.0251. The molecule has 0 spiro atoms. The van der Waals surface area contributed by atoms with Gasteiger partial charge in [0.25, 0.3) is 0 Å². The zero-order valence-corrected chi connectivity index (χ0v) is 10.8. The molecule has 3 rings (SSSR count). The van der Waals surface area contributed by atoms with Gasteiger partial charge >= 0.3 is 0 Å². The smallest absolute Gasteiger partial charge is 0.182 e. The fourth-order valence-corrected chi connectivity index (χ4v) is 2.10. The van der Waals surface area contributed by atoms with Crippen molar-refractivity contribution in [3.05, 3.63) is 65.9 Å². The first-order valence-corrected chi connectivity index (χ1v) is 6.19. The zero-order valence-electron chi connectivity index (χ0n) is 10.8. The molecule has 0 aliphatic heterocycles. The Labute approximate surface area is 119 Å². The van der Waals surface area contributed by atoms with Crippen molar-refractivity contribution < 1.29 is 8.78 Å². The van der Waals surface area contributed by atoms with Crippen LogP contribution >= 0.6 is 0 Å². The van der Waals surface area contributed by atoms with E-state index in [1.54, 1.807) is 18.2 Å². The minimum atomic E-state index is -0.984. The Kier molecular flexibility index (Phi) is 3.20. The second kappa shape index (κ2) is 5.17. The molecule has 0 bridgehead atoms. The molecule has 3 nitrogen and oxygen atoms in total. The molecule has 0 unspecified atom stereocenters. The van der Waals surface area contributed by atoms with Crippen molar-refractivity contribution in [2.24, 2.45) is 0 Å². The van der Waals surface area contributed by atoms with Gasteiger partial charge in [-0.2, -0.15) is 5.26 Å². The van der Waals surface area contributed by atoms with Crippen LogP contribution in [0.5, 0.6) is 0 Å². The number of aromatic nitrogens is 1. The maximum atomic E-state index is 13.8. The standard InChI is InChI=1S/C16H9F2N3/c17-12-5-3-7-14(15(12)18)21-16-10(8-19)9-20-13-6-2-1-4-11(13)16/h1-7,9H,(H,20,21). The molecular formula is C16H9F2N3. The summed E-state index contributed by atoms with van der Waals surface area (Å²) in [6, 6.07) is 13.0. The highest BCUT2D eigenvalue weighted by molar-refractivity contribution is 5.95. The molecule has 0 atom stereocenters.